The topological polar surface area (TPSA) is 52.9 Å². The second-order valence-corrected chi connectivity index (χ2v) is 7.74. The first-order valence-corrected chi connectivity index (χ1v) is 9.50. The van der Waals surface area contributed by atoms with Crippen LogP contribution in [0.2, 0.25) is 0 Å². The first-order valence-electron chi connectivity index (χ1n) is 9.50. The van der Waals surface area contributed by atoms with Crippen molar-refractivity contribution in [3.05, 3.63) is 29.3 Å². The van der Waals surface area contributed by atoms with Gasteiger partial charge in [0.25, 0.3) is 0 Å². The van der Waals surface area contributed by atoms with Crippen molar-refractivity contribution in [3.63, 3.8) is 0 Å². The molecule has 1 aromatic rings. The first-order chi connectivity index (χ1) is 11.7. The number of phenols is 1. The summed E-state index contributed by atoms with van der Waals surface area (Å²) in [5.74, 6) is 1.14. The molecule has 0 amide bonds. The molecule has 4 nitrogen and oxygen atoms in total. The summed E-state index contributed by atoms with van der Waals surface area (Å²) in [5.41, 5.74) is 3.18. The maximum Gasteiger partial charge on any atom is 0.115 e. The van der Waals surface area contributed by atoms with Gasteiger partial charge in [0.1, 0.15) is 5.75 Å². The molecule has 0 aromatic heterocycles. The van der Waals surface area contributed by atoms with Gasteiger partial charge in [0.05, 0.1) is 19.8 Å². The van der Waals surface area contributed by atoms with Crippen LogP contribution < -0.4 is 0 Å². The number of aliphatic hydroxyl groups is 1. The van der Waals surface area contributed by atoms with E-state index in [9.17, 15) is 5.11 Å². The molecule has 4 heteroatoms. The predicted octanol–water partition coefficient (Wildman–Crippen LogP) is 2.46. The molecule has 3 aliphatic rings. The summed E-state index contributed by atoms with van der Waals surface area (Å²) in [6.07, 6.45) is 7.55. The van der Waals surface area contributed by atoms with Gasteiger partial charge in [-0.2, -0.15) is 0 Å². The molecule has 1 saturated heterocycles. The number of nitrogens with zero attached hydrogens (tertiary/aromatic N) is 1. The van der Waals surface area contributed by atoms with E-state index in [-0.39, 0.29) is 12.0 Å². The van der Waals surface area contributed by atoms with Crippen molar-refractivity contribution in [1.82, 2.24) is 4.90 Å². The minimum Gasteiger partial charge on any atom is -0.508 e. The number of aromatic hydroxyl groups is 1. The van der Waals surface area contributed by atoms with Gasteiger partial charge in [-0.3, -0.25) is 4.90 Å². The lowest BCUT2D eigenvalue weighted by atomic mass is 9.52. The smallest absolute Gasteiger partial charge is 0.115 e. The second-order valence-electron chi connectivity index (χ2n) is 7.74. The zero-order valence-corrected chi connectivity index (χ0v) is 14.4. The van der Waals surface area contributed by atoms with Crippen LogP contribution in [0, 0.1) is 5.92 Å². The third kappa shape index (κ3) is 2.65. The molecule has 0 radical (unpaired) electrons. The number of aliphatic hydroxyl groups excluding tert-OH is 1. The number of hydrogen-bond acceptors (Lipinski definition) is 4. The quantitative estimate of drug-likeness (QED) is 0.814. The average Bonchev–Trinajstić information content (AvgIpc) is 2.61. The van der Waals surface area contributed by atoms with Gasteiger partial charge < -0.3 is 14.9 Å². The number of phenolic OH excluding ortho intramolecular Hbond substituents is 1. The van der Waals surface area contributed by atoms with Gasteiger partial charge >= 0.3 is 0 Å². The molecule has 1 aromatic carbocycles. The normalized spacial score (nSPS) is 32.2. The molecule has 2 bridgehead atoms. The largest absolute Gasteiger partial charge is 0.508 e. The summed E-state index contributed by atoms with van der Waals surface area (Å²) in [6, 6.07) is 6.66. The molecule has 0 unspecified atom stereocenters. The van der Waals surface area contributed by atoms with E-state index in [4.69, 9.17) is 9.84 Å². The lowest BCUT2D eigenvalue weighted by Crippen LogP contribution is -2.61. The van der Waals surface area contributed by atoms with Crippen LogP contribution >= 0.6 is 0 Å². The number of hydrogen-bond donors (Lipinski definition) is 2. The van der Waals surface area contributed by atoms with E-state index in [2.05, 4.69) is 17.0 Å². The van der Waals surface area contributed by atoms with Crippen LogP contribution in [0.3, 0.4) is 0 Å². The van der Waals surface area contributed by atoms with Crippen molar-refractivity contribution >= 4 is 0 Å². The van der Waals surface area contributed by atoms with Crippen LogP contribution in [0.25, 0.3) is 0 Å². The molecule has 2 fully saturated rings. The molecule has 2 aliphatic carbocycles. The van der Waals surface area contributed by atoms with Gasteiger partial charge in [-0.15, -0.1) is 0 Å². The summed E-state index contributed by atoms with van der Waals surface area (Å²) in [5, 5.41) is 18.9. The monoisotopic (exact) mass is 331 g/mol. The first kappa shape index (κ1) is 16.4. The van der Waals surface area contributed by atoms with Crippen molar-refractivity contribution in [2.75, 3.05) is 32.9 Å². The van der Waals surface area contributed by atoms with Gasteiger partial charge in [-0.1, -0.05) is 18.9 Å². The SMILES string of the molecule is OCCOCCN1CC[C@@]23CCCC[C@H]2[C@H]1Cc1ccc(O)cc13. The molecule has 2 N–H and O–H groups in total. The Labute approximate surface area is 144 Å². The van der Waals surface area contributed by atoms with Gasteiger partial charge in [0.2, 0.25) is 0 Å². The third-order valence-corrected chi connectivity index (χ3v) is 6.69. The second kappa shape index (κ2) is 6.66. The number of ether oxygens (including phenoxy) is 1. The Bertz CT molecular complexity index is 590. The predicted molar refractivity (Wildman–Crippen MR) is 93.3 cm³/mol. The number of fused-ring (bicyclic) bond motifs is 1. The minimum absolute atomic E-state index is 0.103. The highest BCUT2D eigenvalue weighted by Gasteiger charge is 2.53. The van der Waals surface area contributed by atoms with Crippen LogP contribution in [-0.2, 0) is 16.6 Å². The Morgan fingerprint density at radius 3 is 3.00 bits per heavy atom. The molecule has 1 saturated carbocycles. The van der Waals surface area contributed by atoms with Crippen molar-refractivity contribution in [2.45, 2.75) is 50.0 Å². The van der Waals surface area contributed by atoms with Crippen LogP contribution in [0.1, 0.15) is 43.2 Å². The van der Waals surface area contributed by atoms with E-state index in [0.717, 1.165) is 19.5 Å². The van der Waals surface area contributed by atoms with Crippen molar-refractivity contribution in [3.8, 4) is 5.75 Å². The fraction of sp³-hybridized carbons (Fsp3) is 0.700. The Hall–Kier alpha value is -1.10. The number of piperidine rings is 1. The highest BCUT2D eigenvalue weighted by molar-refractivity contribution is 5.45. The lowest BCUT2D eigenvalue weighted by molar-refractivity contribution is -0.0263. The van der Waals surface area contributed by atoms with E-state index in [0.29, 0.717) is 30.9 Å². The molecule has 1 heterocycles. The fourth-order valence-electron chi connectivity index (χ4n) is 5.70. The van der Waals surface area contributed by atoms with Crippen LogP contribution in [0.15, 0.2) is 18.2 Å². The average molecular weight is 331 g/mol. The van der Waals surface area contributed by atoms with Gasteiger partial charge in [0.15, 0.2) is 0 Å². The van der Waals surface area contributed by atoms with Gasteiger partial charge in [0, 0.05) is 18.0 Å². The highest BCUT2D eigenvalue weighted by Crippen LogP contribution is 2.56. The molecule has 24 heavy (non-hydrogen) atoms. The van der Waals surface area contributed by atoms with Crippen molar-refractivity contribution < 1.29 is 14.9 Å². The molecular formula is C20H29NO3. The van der Waals surface area contributed by atoms with E-state index in [1.54, 1.807) is 0 Å². The Morgan fingerprint density at radius 1 is 1.21 bits per heavy atom. The Morgan fingerprint density at radius 2 is 2.12 bits per heavy atom. The standard InChI is InChI=1S/C20H29NO3/c22-10-12-24-11-9-21-8-7-20-6-2-1-3-17(20)19(21)13-15-4-5-16(23)14-18(15)20/h4-5,14,17,19,22-23H,1-3,6-13H2/t17-,19+,20-/m0/s1. The zero-order valence-electron chi connectivity index (χ0n) is 14.4. The summed E-state index contributed by atoms with van der Waals surface area (Å²) in [4.78, 5) is 2.63. The Kier molecular flexibility index (Phi) is 4.54. The van der Waals surface area contributed by atoms with E-state index < -0.39 is 0 Å². The van der Waals surface area contributed by atoms with Crippen LogP contribution in [0.4, 0.5) is 0 Å². The van der Waals surface area contributed by atoms with Crippen LogP contribution in [0.5, 0.6) is 5.75 Å². The molecule has 4 rings (SSSR count). The number of benzene rings is 1. The zero-order chi connectivity index (χ0) is 16.6. The third-order valence-electron chi connectivity index (χ3n) is 6.69. The fourth-order valence-corrected chi connectivity index (χ4v) is 5.70. The van der Waals surface area contributed by atoms with Crippen molar-refractivity contribution in [2.24, 2.45) is 5.92 Å². The maximum absolute atomic E-state index is 10.0. The maximum atomic E-state index is 10.0. The highest BCUT2D eigenvalue weighted by atomic mass is 16.5. The molecule has 132 valence electrons. The van der Waals surface area contributed by atoms with Gasteiger partial charge in [-0.25, -0.2) is 0 Å². The summed E-state index contributed by atoms with van der Waals surface area (Å²) in [6.45, 7) is 3.34. The lowest BCUT2D eigenvalue weighted by Gasteiger charge is -2.59. The van der Waals surface area contributed by atoms with E-state index >= 15 is 0 Å². The van der Waals surface area contributed by atoms with Gasteiger partial charge in [-0.05, 0) is 61.4 Å². The minimum atomic E-state index is 0.103. The number of rotatable bonds is 5. The van der Waals surface area contributed by atoms with E-state index in [1.807, 2.05) is 6.07 Å². The molecular weight excluding hydrogens is 302 g/mol. The van der Waals surface area contributed by atoms with Crippen LogP contribution in [-0.4, -0.2) is 54.1 Å². The van der Waals surface area contributed by atoms with Crippen molar-refractivity contribution in [1.29, 1.82) is 0 Å². The molecule has 1 aliphatic heterocycles. The summed E-state index contributed by atoms with van der Waals surface area (Å²) >= 11 is 0. The Balaban J connectivity index is 1.61. The van der Waals surface area contributed by atoms with E-state index in [1.165, 1.54) is 43.2 Å². The summed E-state index contributed by atoms with van der Waals surface area (Å²) in [7, 11) is 0. The molecule has 0 spiro atoms. The summed E-state index contributed by atoms with van der Waals surface area (Å²) < 4.78 is 5.52. The molecule has 3 atom stereocenters. The number of likely N-dealkylation sites (tertiary alicyclic amines) is 1.